The van der Waals surface area contributed by atoms with Crippen LogP contribution in [0.3, 0.4) is 0 Å². The van der Waals surface area contributed by atoms with Gasteiger partial charge in [0.25, 0.3) is 0 Å². The molecule has 0 aromatic rings. The Morgan fingerprint density at radius 2 is 2.00 bits per heavy atom. The van der Waals surface area contributed by atoms with E-state index in [9.17, 15) is 4.79 Å². The van der Waals surface area contributed by atoms with Crippen LogP contribution in [0, 0.1) is 5.92 Å². The maximum absolute atomic E-state index is 9.62. The van der Waals surface area contributed by atoms with Crippen LogP contribution in [0.25, 0.3) is 0 Å². The van der Waals surface area contributed by atoms with Gasteiger partial charge in [0.05, 0.1) is 0 Å². The number of carbonyl (C=O) groups is 1. The predicted molar refractivity (Wildman–Crippen MR) is 32.2 cm³/mol. The summed E-state index contributed by atoms with van der Waals surface area (Å²) in [7, 11) is 0. The zero-order valence-electron chi connectivity index (χ0n) is 4.27. The van der Waals surface area contributed by atoms with Gasteiger partial charge >= 0.3 is 0 Å². The monoisotopic (exact) mass is 102 g/mol. The SMILES string of the molecule is C.CC(C)CC=O. The van der Waals surface area contributed by atoms with Crippen molar-refractivity contribution in [1.82, 2.24) is 0 Å². The van der Waals surface area contributed by atoms with Gasteiger partial charge in [0, 0.05) is 6.42 Å². The van der Waals surface area contributed by atoms with E-state index in [2.05, 4.69) is 0 Å². The number of carbonyl (C=O) groups excluding carboxylic acids is 1. The Bertz CT molecular complexity index is 39.4. The molecule has 0 aromatic carbocycles. The van der Waals surface area contributed by atoms with E-state index in [1.807, 2.05) is 13.8 Å². The summed E-state index contributed by atoms with van der Waals surface area (Å²) in [4.78, 5) is 9.62. The van der Waals surface area contributed by atoms with Crippen molar-refractivity contribution >= 4 is 6.29 Å². The third-order valence-electron chi connectivity index (χ3n) is 0.568. The second kappa shape index (κ2) is 5.67. The Morgan fingerprint density at radius 1 is 1.57 bits per heavy atom. The van der Waals surface area contributed by atoms with Crippen LogP contribution in [0.2, 0.25) is 0 Å². The Labute approximate surface area is 45.7 Å². The highest BCUT2D eigenvalue weighted by molar-refractivity contribution is 5.49. The van der Waals surface area contributed by atoms with Crippen LogP contribution in [-0.2, 0) is 4.79 Å². The molecule has 0 atom stereocenters. The maximum Gasteiger partial charge on any atom is 0.120 e. The first kappa shape index (κ1) is 9.83. The first-order valence-corrected chi connectivity index (χ1v) is 2.21. The van der Waals surface area contributed by atoms with Gasteiger partial charge in [-0.2, -0.15) is 0 Å². The van der Waals surface area contributed by atoms with Gasteiger partial charge in [-0.05, 0) is 5.92 Å². The minimum Gasteiger partial charge on any atom is -0.303 e. The average Bonchev–Trinajstić information content (AvgIpc) is 1.35. The van der Waals surface area contributed by atoms with Gasteiger partial charge in [0.15, 0.2) is 0 Å². The van der Waals surface area contributed by atoms with E-state index in [4.69, 9.17) is 0 Å². The average molecular weight is 102 g/mol. The Morgan fingerprint density at radius 3 is 2.00 bits per heavy atom. The number of rotatable bonds is 2. The van der Waals surface area contributed by atoms with Crippen molar-refractivity contribution in [1.29, 1.82) is 0 Å². The second-order valence-electron chi connectivity index (χ2n) is 1.80. The molecule has 0 aromatic heterocycles. The summed E-state index contributed by atoms with van der Waals surface area (Å²) in [6, 6.07) is 0. The van der Waals surface area contributed by atoms with Gasteiger partial charge in [0.2, 0.25) is 0 Å². The van der Waals surface area contributed by atoms with Crippen LogP contribution < -0.4 is 0 Å². The summed E-state index contributed by atoms with van der Waals surface area (Å²) in [6.45, 7) is 4.04. The Kier molecular flexibility index (Phi) is 7.96. The van der Waals surface area contributed by atoms with Crippen molar-refractivity contribution < 1.29 is 4.79 Å². The zero-order valence-corrected chi connectivity index (χ0v) is 4.27. The highest BCUT2D eigenvalue weighted by Crippen LogP contribution is 1.92. The normalized spacial score (nSPS) is 7.86. The Hall–Kier alpha value is -0.330. The van der Waals surface area contributed by atoms with Crippen molar-refractivity contribution in [3.05, 3.63) is 0 Å². The van der Waals surface area contributed by atoms with Crippen LogP contribution in [0.5, 0.6) is 0 Å². The second-order valence-corrected chi connectivity index (χ2v) is 1.80. The van der Waals surface area contributed by atoms with E-state index in [0.29, 0.717) is 12.3 Å². The summed E-state index contributed by atoms with van der Waals surface area (Å²) >= 11 is 0. The standard InChI is InChI=1S/C5H10O.CH4/c1-5(2)3-4-6;/h4-5H,3H2,1-2H3;1H4. The highest BCUT2D eigenvalue weighted by atomic mass is 16.1. The predicted octanol–water partition coefficient (Wildman–Crippen LogP) is 1.87. The van der Waals surface area contributed by atoms with E-state index >= 15 is 0 Å². The smallest absolute Gasteiger partial charge is 0.120 e. The maximum atomic E-state index is 9.62. The van der Waals surface area contributed by atoms with Gasteiger partial charge in [-0.3, -0.25) is 0 Å². The molecular formula is C6H14O. The molecule has 44 valence electrons. The molecule has 7 heavy (non-hydrogen) atoms. The lowest BCUT2D eigenvalue weighted by atomic mass is 10.2. The molecule has 0 radical (unpaired) electrons. The fraction of sp³-hybridized carbons (Fsp3) is 0.833. The molecule has 0 bridgehead atoms. The van der Waals surface area contributed by atoms with Crippen LogP contribution in [0.4, 0.5) is 0 Å². The number of hydrogen-bond acceptors (Lipinski definition) is 1. The van der Waals surface area contributed by atoms with Gasteiger partial charge in [-0.1, -0.05) is 21.3 Å². The van der Waals surface area contributed by atoms with Crippen LogP contribution in [-0.4, -0.2) is 6.29 Å². The molecule has 1 heteroatoms. The van der Waals surface area contributed by atoms with Crippen molar-refractivity contribution in [3.8, 4) is 0 Å². The quantitative estimate of drug-likeness (QED) is 0.486. The van der Waals surface area contributed by atoms with Crippen molar-refractivity contribution in [2.75, 3.05) is 0 Å². The summed E-state index contributed by atoms with van der Waals surface area (Å²) in [5.74, 6) is 0.530. The van der Waals surface area contributed by atoms with Gasteiger partial charge in [0.1, 0.15) is 6.29 Å². The molecular weight excluding hydrogens is 88.1 g/mol. The van der Waals surface area contributed by atoms with E-state index < -0.39 is 0 Å². The van der Waals surface area contributed by atoms with E-state index in [1.165, 1.54) is 0 Å². The molecule has 0 amide bonds. The van der Waals surface area contributed by atoms with Gasteiger partial charge < -0.3 is 4.79 Å². The summed E-state index contributed by atoms with van der Waals surface area (Å²) < 4.78 is 0. The fourth-order valence-corrected chi connectivity index (χ4v) is 0.192. The summed E-state index contributed by atoms with van der Waals surface area (Å²) in [5.41, 5.74) is 0. The van der Waals surface area contributed by atoms with Crippen molar-refractivity contribution in [3.63, 3.8) is 0 Å². The molecule has 0 N–H and O–H groups in total. The third kappa shape index (κ3) is 10.7. The largest absolute Gasteiger partial charge is 0.303 e. The number of aldehydes is 1. The lowest BCUT2D eigenvalue weighted by molar-refractivity contribution is -0.108. The molecule has 0 spiro atoms. The van der Waals surface area contributed by atoms with Gasteiger partial charge in [-0.25, -0.2) is 0 Å². The summed E-state index contributed by atoms with van der Waals surface area (Å²) in [5, 5.41) is 0. The molecule has 0 fully saturated rings. The molecule has 0 unspecified atom stereocenters. The first-order valence-electron chi connectivity index (χ1n) is 2.21. The van der Waals surface area contributed by atoms with E-state index in [1.54, 1.807) is 0 Å². The van der Waals surface area contributed by atoms with E-state index in [-0.39, 0.29) is 7.43 Å². The molecule has 1 nitrogen and oxygen atoms in total. The number of hydrogen-bond donors (Lipinski definition) is 0. The molecule has 0 heterocycles. The lowest BCUT2D eigenvalue weighted by Crippen LogP contribution is -1.84. The first-order chi connectivity index (χ1) is 2.77. The van der Waals surface area contributed by atoms with Crippen LogP contribution >= 0.6 is 0 Å². The molecule has 0 rings (SSSR count). The Balaban J connectivity index is 0. The molecule has 0 saturated heterocycles. The molecule has 0 aliphatic carbocycles. The molecule has 0 aliphatic heterocycles. The summed E-state index contributed by atoms with van der Waals surface area (Å²) in [6.07, 6.45) is 1.64. The van der Waals surface area contributed by atoms with E-state index in [0.717, 1.165) is 6.29 Å². The minimum absolute atomic E-state index is 0. The van der Waals surface area contributed by atoms with Crippen molar-refractivity contribution in [2.45, 2.75) is 27.7 Å². The van der Waals surface area contributed by atoms with Crippen LogP contribution in [0.1, 0.15) is 27.7 Å². The lowest BCUT2D eigenvalue weighted by Gasteiger charge is -1.89. The third-order valence-corrected chi connectivity index (χ3v) is 0.568. The fourth-order valence-electron chi connectivity index (χ4n) is 0.192. The zero-order chi connectivity index (χ0) is 4.99. The van der Waals surface area contributed by atoms with Crippen molar-refractivity contribution in [2.24, 2.45) is 5.92 Å². The molecule has 0 saturated carbocycles. The minimum atomic E-state index is 0. The van der Waals surface area contributed by atoms with Gasteiger partial charge in [-0.15, -0.1) is 0 Å². The molecule has 0 aliphatic rings. The topological polar surface area (TPSA) is 17.1 Å². The highest BCUT2D eigenvalue weighted by Gasteiger charge is 1.85. The van der Waals surface area contributed by atoms with Crippen LogP contribution in [0.15, 0.2) is 0 Å².